The van der Waals surface area contributed by atoms with Gasteiger partial charge >= 0.3 is 11.7 Å². The number of halogens is 1. The number of aromatic nitrogens is 2. The summed E-state index contributed by atoms with van der Waals surface area (Å²) in [4.78, 5) is 26.7. The monoisotopic (exact) mass is 282 g/mol. The van der Waals surface area contributed by atoms with E-state index in [1.807, 2.05) is 0 Å². The zero-order valence-corrected chi connectivity index (χ0v) is 9.54. The second-order valence-corrected chi connectivity index (χ2v) is 3.97. The Kier molecular flexibility index (Phi) is 2.66. The van der Waals surface area contributed by atoms with Crippen LogP contribution in [0.25, 0.3) is 11.3 Å². The van der Waals surface area contributed by atoms with Crippen LogP contribution in [-0.4, -0.2) is 21.0 Å². The molecule has 2 aromatic rings. The Bertz CT molecular complexity index is 600. The molecule has 6 heteroatoms. The molecule has 82 valence electrons. The fourth-order valence-corrected chi connectivity index (χ4v) is 1.89. The molecule has 0 saturated heterocycles. The predicted molar refractivity (Wildman–Crippen MR) is 61.5 cm³/mol. The summed E-state index contributed by atoms with van der Waals surface area (Å²) in [5.41, 5.74) is 0.211. The van der Waals surface area contributed by atoms with Crippen LogP contribution < -0.4 is 5.69 Å². The van der Waals surface area contributed by atoms with Crippen molar-refractivity contribution in [3.8, 4) is 11.3 Å². The zero-order chi connectivity index (χ0) is 11.7. The van der Waals surface area contributed by atoms with Gasteiger partial charge in [-0.05, 0) is 6.07 Å². The number of aromatic carboxylic acids is 1. The summed E-state index contributed by atoms with van der Waals surface area (Å²) >= 11 is 3.30. The molecule has 0 spiro atoms. The molecule has 5 nitrogen and oxygen atoms in total. The average Bonchev–Trinajstić information content (AvgIpc) is 2.61. The number of rotatable bonds is 2. The lowest BCUT2D eigenvalue weighted by Crippen LogP contribution is -2.04. The Hall–Kier alpha value is -1.82. The van der Waals surface area contributed by atoms with Crippen LogP contribution in [-0.2, 0) is 0 Å². The number of aromatic amines is 2. The van der Waals surface area contributed by atoms with Gasteiger partial charge in [-0.15, -0.1) is 0 Å². The summed E-state index contributed by atoms with van der Waals surface area (Å²) in [6, 6.07) is 7.05. The van der Waals surface area contributed by atoms with Crippen LogP contribution in [0.2, 0.25) is 0 Å². The van der Waals surface area contributed by atoms with E-state index in [1.165, 1.54) is 0 Å². The Morgan fingerprint density at radius 2 is 1.94 bits per heavy atom. The Labute approximate surface area is 98.3 Å². The summed E-state index contributed by atoms with van der Waals surface area (Å²) in [6.45, 7) is 0. The standard InChI is InChI=1S/C10H7BrN2O3/c11-6-4-2-1-3-5(6)7-8(9(14)15)13-10(16)12-7/h1-4H,(H,14,15)(H2,12,13,16). The van der Waals surface area contributed by atoms with Gasteiger partial charge in [0.15, 0.2) is 5.69 Å². The van der Waals surface area contributed by atoms with Gasteiger partial charge in [-0.2, -0.15) is 0 Å². The highest BCUT2D eigenvalue weighted by molar-refractivity contribution is 9.10. The van der Waals surface area contributed by atoms with Crippen molar-refractivity contribution in [3.63, 3.8) is 0 Å². The van der Waals surface area contributed by atoms with E-state index < -0.39 is 11.7 Å². The van der Waals surface area contributed by atoms with Crippen molar-refractivity contribution in [2.45, 2.75) is 0 Å². The molecule has 3 N–H and O–H groups in total. The van der Waals surface area contributed by atoms with Gasteiger partial charge in [-0.25, -0.2) is 9.59 Å². The van der Waals surface area contributed by atoms with Crippen LogP contribution in [0.15, 0.2) is 33.5 Å². The summed E-state index contributed by atoms with van der Waals surface area (Å²) in [5.74, 6) is -1.18. The number of carbonyl (C=O) groups is 1. The van der Waals surface area contributed by atoms with E-state index in [9.17, 15) is 9.59 Å². The number of carboxylic acid groups (broad SMARTS) is 1. The molecular weight excluding hydrogens is 276 g/mol. The molecule has 1 aromatic carbocycles. The maximum atomic E-state index is 11.1. The van der Waals surface area contributed by atoms with Gasteiger partial charge in [0.1, 0.15) is 0 Å². The van der Waals surface area contributed by atoms with Crippen molar-refractivity contribution in [1.29, 1.82) is 0 Å². The molecule has 0 atom stereocenters. The van der Waals surface area contributed by atoms with Crippen LogP contribution in [0, 0.1) is 0 Å². The SMILES string of the molecule is O=C(O)c1[nH]c(=O)[nH]c1-c1ccccc1Br. The lowest BCUT2D eigenvalue weighted by Gasteiger charge is -2.02. The summed E-state index contributed by atoms with van der Waals surface area (Å²) in [7, 11) is 0. The lowest BCUT2D eigenvalue weighted by molar-refractivity contribution is 0.0692. The molecule has 0 unspecified atom stereocenters. The van der Waals surface area contributed by atoms with Crippen LogP contribution in [0.1, 0.15) is 10.5 Å². The van der Waals surface area contributed by atoms with Crippen molar-refractivity contribution in [2.24, 2.45) is 0 Å². The quantitative estimate of drug-likeness (QED) is 0.785. The van der Waals surface area contributed by atoms with E-state index in [-0.39, 0.29) is 11.4 Å². The zero-order valence-electron chi connectivity index (χ0n) is 7.95. The first-order valence-electron chi connectivity index (χ1n) is 4.40. The highest BCUT2D eigenvalue weighted by atomic mass is 79.9. The number of benzene rings is 1. The summed E-state index contributed by atoms with van der Waals surface area (Å²) < 4.78 is 0.716. The third kappa shape index (κ3) is 1.79. The van der Waals surface area contributed by atoms with Gasteiger partial charge in [0, 0.05) is 10.0 Å². The topological polar surface area (TPSA) is 85.9 Å². The molecule has 2 rings (SSSR count). The van der Waals surface area contributed by atoms with E-state index >= 15 is 0 Å². The molecule has 0 bridgehead atoms. The first-order valence-corrected chi connectivity index (χ1v) is 5.19. The fourth-order valence-electron chi connectivity index (χ4n) is 1.41. The normalized spacial score (nSPS) is 10.3. The highest BCUT2D eigenvalue weighted by Crippen LogP contribution is 2.27. The van der Waals surface area contributed by atoms with Crippen molar-refractivity contribution in [2.75, 3.05) is 0 Å². The molecular formula is C10H7BrN2O3. The van der Waals surface area contributed by atoms with Crippen molar-refractivity contribution >= 4 is 21.9 Å². The summed E-state index contributed by atoms with van der Waals surface area (Å²) in [6.07, 6.45) is 0. The second-order valence-electron chi connectivity index (χ2n) is 3.11. The van der Waals surface area contributed by atoms with Crippen molar-refractivity contribution in [3.05, 3.63) is 44.9 Å². The number of H-pyrrole nitrogens is 2. The molecule has 0 amide bonds. The number of hydrogen-bond donors (Lipinski definition) is 3. The Balaban J connectivity index is 2.69. The number of carboxylic acids is 1. The predicted octanol–water partition coefficient (Wildman–Crippen LogP) is 1.83. The largest absolute Gasteiger partial charge is 0.477 e. The van der Waals surface area contributed by atoms with Crippen molar-refractivity contribution in [1.82, 2.24) is 9.97 Å². The molecule has 1 aromatic heterocycles. The molecule has 0 aliphatic rings. The van der Waals surface area contributed by atoms with Gasteiger partial charge in [-0.1, -0.05) is 34.1 Å². The molecule has 16 heavy (non-hydrogen) atoms. The van der Waals surface area contributed by atoms with E-state index in [4.69, 9.17) is 5.11 Å². The van der Waals surface area contributed by atoms with E-state index in [2.05, 4.69) is 25.9 Å². The number of imidazole rings is 1. The summed E-state index contributed by atoms with van der Waals surface area (Å²) in [5, 5.41) is 8.93. The molecule has 0 saturated carbocycles. The van der Waals surface area contributed by atoms with E-state index in [0.29, 0.717) is 10.0 Å². The smallest absolute Gasteiger partial charge is 0.354 e. The van der Waals surface area contributed by atoms with E-state index in [0.717, 1.165) is 0 Å². The van der Waals surface area contributed by atoms with Crippen LogP contribution >= 0.6 is 15.9 Å². The highest BCUT2D eigenvalue weighted by Gasteiger charge is 2.16. The minimum atomic E-state index is -1.18. The van der Waals surface area contributed by atoms with Gasteiger partial charge in [-0.3, -0.25) is 4.98 Å². The minimum Gasteiger partial charge on any atom is -0.477 e. The fraction of sp³-hybridized carbons (Fsp3) is 0. The van der Waals surface area contributed by atoms with Gasteiger partial charge in [0.25, 0.3) is 0 Å². The average molecular weight is 283 g/mol. The van der Waals surface area contributed by atoms with Crippen molar-refractivity contribution < 1.29 is 9.90 Å². The van der Waals surface area contributed by atoms with Crippen LogP contribution in [0.5, 0.6) is 0 Å². The Morgan fingerprint density at radius 3 is 2.56 bits per heavy atom. The second kappa shape index (κ2) is 3.97. The molecule has 0 aliphatic carbocycles. The van der Waals surface area contributed by atoms with Crippen LogP contribution in [0.3, 0.4) is 0 Å². The van der Waals surface area contributed by atoms with Gasteiger partial charge in [0.2, 0.25) is 0 Å². The maximum absolute atomic E-state index is 11.1. The third-order valence-electron chi connectivity index (χ3n) is 2.08. The molecule has 1 heterocycles. The molecule has 0 aliphatic heterocycles. The Morgan fingerprint density at radius 1 is 1.25 bits per heavy atom. The maximum Gasteiger partial charge on any atom is 0.354 e. The minimum absolute atomic E-state index is 0.142. The number of nitrogens with one attached hydrogen (secondary N) is 2. The number of hydrogen-bond acceptors (Lipinski definition) is 2. The third-order valence-corrected chi connectivity index (χ3v) is 2.78. The first-order chi connectivity index (χ1) is 7.59. The van der Waals surface area contributed by atoms with Crippen LogP contribution in [0.4, 0.5) is 0 Å². The van der Waals surface area contributed by atoms with Gasteiger partial charge in [0.05, 0.1) is 5.69 Å². The van der Waals surface area contributed by atoms with Gasteiger partial charge < -0.3 is 10.1 Å². The first kappa shape index (κ1) is 10.7. The lowest BCUT2D eigenvalue weighted by atomic mass is 10.1. The molecule has 0 fully saturated rings. The van der Waals surface area contributed by atoms with E-state index in [1.54, 1.807) is 24.3 Å². The molecule has 0 radical (unpaired) electrons.